The Morgan fingerprint density at radius 3 is 2.63 bits per heavy atom. The van der Waals surface area contributed by atoms with Gasteiger partial charge in [0.15, 0.2) is 0 Å². The molecule has 0 bridgehead atoms. The van der Waals surface area contributed by atoms with Crippen molar-refractivity contribution < 1.29 is 0 Å². The maximum Gasteiger partial charge on any atom is 0.0637 e. The predicted molar refractivity (Wildman–Crippen MR) is 126 cm³/mol. The van der Waals surface area contributed by atoms with Crippen LogP contribution < -0.4 is 0 Å². The Labute approximate surface area is 174 Å². The molecule has 6 aromatic rings. The second-order valence-corrected chi connectivity index (χ2v) is 8.35. The number of allylic oxidation sites excluding steroid dienone is 1. The van der Waals surface area contributed by atoms with Gasteiger partial charge < -0.3 is 4.98 Å². The third-order valence-electron chi connectivity index (χ3n) is 6.69. The average molecular weight is 379 g/mol. The zero-order valence-corrected chi connectivity index (χ0v) is 16.6. The van der Waals surface area contributed by atoms with Crippen LogP contribution in [0.15, 0.2) is 54.6 Å². The lowest BCUT2D eigenvalue weighted by Gasteiger charge is -2.19. The van der Waals surface area contributed by atoms with Crippen LogP contribution in [0.3, 0.4) is 0 Å². The first-order valence-electron chi connectivity index (χ1n) is 10.4. The molecule has 0 spiro atoms. The number of benzene rings is 3. The molecular weight excluding hydrogens is 362 g/mol. The summed E-state index contributed by atoms with van der Waals surface area (Å²) in [6, 6.07) is 30.3. The molecular formula is C29H17N. The molecule has 1 aliphatic carbocycles. The zero-order chi connectivity index (χ0) is 19.8. The number of hydrogen-bond donors (Lipinski definition) is 1. The normalized spacial score (nSPS) is 15.7. The molecule has 5 aromatic carbocycles. The van der Waals surface area contributed by atoms with Gasteiger partial charge in [0.05, 0.1) is 10.9 Å². The molecule has 1 aliphatic rings. The van der Waals surface area contributed by atoms with Crippen LogP contribution in [-0.2, 0) is 0 Å². The van der Waals surface area contributed by atoms with Crippen LogP contribution >= 0.6 is 0 Å². The summed E-state index contributed by atoms with van der Waals surface area (Å²) < 4.78 is 0. The Balaban J connectivity index is 1.88. The van der Waals surface area contributed by atoms with E-state index in [0.29, 0.717) is 5.92 Å². The third kappa shape index (κ3) is 1.90. The summed E-state index contributed by atoms with van der Waals surface area (Å²) in [4.78, 5) is 3.75. The van der Waals surface area contributed by atoms with E-state index in [1.165, 1.54) is 49.0 Å². The SMILES string of the molecule is CC1CC=Cc2ccc3[nH]c4c5c#cccc5c5ccc6ccc#cc6c5c4c3c21. The van der Waals surface area contributed by atoms with Gasteiger partial charge >= 0.3 is 0 Å². The van der Waals surface area contributed by atoms with Crippen molar-refractivity contribution in [2.45, 2.75) is 19.3 Å². The maximum absolute atomic E-state index is 3.75. The summed E-state index contributed by atoms with van der Waals surface area (Å²) in [5, 5.41) is 9.74. The fourth-order valence-electron chi connectivity index (χ4n) is 5.39. The minimum absolute atomic E-state index is 0.482. The summed E-state index contributed by atoms with van der Waals surface area (Å²) in [5.41, 5.74) is 5.10. The highest BCUT2D eigenvalue weighted by atomic mass is 14.7. The molecule has 0 aliphatic heterocycles. The maximum atomic E-state index is 3.75. The summed E-state index contributed by atoms with van der Waals surface area (Å²) in [7, 11) is 0. The van der Waals surface area contributed by atoms with Gasteiger partial charge in [-0.2, -0.15) is 0 Å². The number of H-pyrrole nitrogens is 1. The standard InChI is InChI=1S/C29H17N/c1-17-7-6-9-19-14-16-24-27(25(17)19)28-26-20-10-3-2-8-18(20)13-15-22(26)21-11-4-5-12-23(21)29(28)30-24/h2,4,6,8-9,11,13-17,30H,7H2,1H3. The molecule has 1 unspecified atom stereocenters. The quantitative estimate of drug-likeness (QED) is 0.281. The van der Waals surface area contributed by atoms with Gasteiger partial charge in [-0.05, 0) is 64.6 Å². The summed E-state index contributed by atoms with van der Waals surface area (Å²) >= 11 is 0. The van der Waals surface area contributed by atoms with Gasteiger partial charge in [0.25, 0.3) is 0 Å². The van der Waals surface area contributed by atoms with Crippen molar-refractivity contribution in [2.24, 2.45) is 0 Å². The van der Waals surface area contributed by atoms with Crippen molar-refractivity contribution >= 4 is 60.2 Å². The van der Waals surface area contributed by atoms with Crippen molar-refractivity contribution in [2.75, 3.05) is 0 Å². The lowest BCUT2D eigenvalue weighted by molar-refractivity contribution is 0.780. The van der Waals surface area contributed by atoms with Gasteiger partial charge in [0, 0.05) is 32.4 Å². The van der Waals surface area contributed by atoms with E-state index in [4.69, 9.17) is 0 Å². The van der Waals surface area contributed by atoms with Gasteiger partial charge in [-0.15, -0.1) is 0 Å². The summed E-state index contributed by atoms with van der Waals surface area (Å²) in [6.45, 7) is 2.34. The molecule has 0 saturated carbocycles. The summed E-state index contributed by atoms with van der Waals surface area (Å²) in [6.07, 6.45) is 5.64. The minimum Gasteiger partial charge on any atom is -0.353 e. The molecule has 1 aromatic heterocycles. The molecule has 1 atom stereocenters. The van der Waals surface area contributed by atoms with Gasteiger partial charge in [0.1, 0.15) is 0 Å². The number of nitrogens with one attached hydrogen (secondary N) is 1. The molecule has 1 heterocycles. The van der Waals surface area contributed by atoms with Crippen molar-refractivity contribution in [1.29, 1.82) is 0 Å². The molecule has 138 valence electrons. The molecule has 0 radical (unpaired) electrons. The number of fused-ring (bicyclic) bond motifs is 12. The lowest BCUT2D eigenvalue weighted by atomic mass is 9.84. The first kappa shape index (κ1) is 15.9. The van der Waals surface area contributed by atoms with Crippen LogP contribution in [-0.4, -0.2) is 4.98 Å². The van der Waals surface area contributed by atoms with Crippen LogP contribution in [0.5, 0.6) is 0 Å². The van der Waals surface area contributed by atoms with Crippen molar-refractivity contribution in [3.8, 4) is 0 Å². The summed E-state index contributed by atoms with van der Waals surface area (Å²) in [5.74, 6) is 0.482. The topological polar surface area (TPSA) is 15.8 Å². The number of aromatic nitrogens is 1. The average Bonchev–Trinajstić information content (AvgIpc) is 3.19. The molecule has 1 heteroatoms. The van der Waals surface area contributed by atoms with E-state index in [-0.39, 0.29) is 0 Å². The van der Waals surface area contributed by atoms with E-state index in [1.54, 1.807) is 0 Å². The van der Waals surface area contributed by atoms with Crippen molar-refractivity contribution in [3.05, 3.63) is 90.0 Å². The highest BCUT2D eigenvalue weighted by Crippen LogP contribution is 2.45. The van der Waals surface area contributed by atoms with E-state index in [1.807, 2.05) is 12.1 Å². The van der Waals surface area contributed by atoms with Crippen LogP contribution in [0, 0.1) is 24.3 Å². The van der Waals surface area contributed by atoms with Crippen LogP contribution in [0.4, 0.5) is 0 Å². The fraction of sp³-hybridized carbons (Fsp3) is 0.103. The van der Waals surface area contributed by atoms with Gasteiger partial charge in [-0.1, -0.05) is 61.5 Å². The molecule has 0 saturated heterocycles. The largest absolute Gasteiger partial charge is 0.353 e. The monoisotopic (exact) mass is 379 g/mol. The van der Waals surface area contributed by atoms with Gasteiger partial charge in [-0.3, -0.25) is 0 Å². The van der Waals surface area contributed by atoms with Crippen molar-refractivity contribution in [3.63, 3.8) is 0 Å². The first-order chi connectivity index (χ1) is 14.8. The molecule has 7 rings (SSSR count). The van der Waals surface area contributed by atoms with Crippen LogP contribution in [0.2, 0.25) is 0 Å². The van der Waals surface area contributed by atoms with Gasteiger partial charge in [-0.25, -0.2) is 0 Å². The molecule has 30 heavy (non-hydrogen) atoms. The van der Waals surface area contributed by atoms with Crippen molar-refractivity contribution in [1.82, 2.24) is 4.98 Å². The second-order valence-electron chi connectivity index (χ2n) is 8.35. The Morgan fingerprint density at radius 1 is 0.833 bits per heavy atom. The number of aromatic amines is 1. The molecule has 0 amide bonds. The predicted octanol–water partition coefficient (Wildman–Crippen LogP) is 7.50. The van der Waals surface area contributed by atoms with E-state index in [2.05, 4.69) is 84.7 Å². The Morgan fingerprint density at radius 2 is 1.70 bits per heavy atom. The molecule has 0 fully saturated rings. The molecule has 1 nitrogen and oxygen atoms in total. The van der Waals surface area contributed by atoms with E-state index in [0.717, 1.165) is 22.7 Å². The Hall–Kier alpha value is -3.94. The second kappa shape index (κ2) is 5.56. The van der Waals surface area contributed by atoms with E-state index in [9.17, 15) is 0 Å². The fourth-order valence-corrected chi connectivity index (χ4v) is 5.39. The number of rotatable bonds is 0. The third-order valence-corrected chi connectivity index (χ3v) is 6.69. The number of hydrogen-bond acceptors (Lipinski definition) is 0. The first-order valence-corrected chi connectivity index (χ1v) is 10.4. The highest BCUT2D eigenvalue weighted by molar-refractivity contribution is 6.36. The van der Waals surface area contributed by atoms with E-state index < -0.39 is 0 Å². The van der Waals surface area contributed by atoms with Gasteiger partial charge in [0.2, 0.25) is 0 Å². The minimum atomic E-state index is 0.482. The van der Waals surface area contributed by atoms with Crippen LogP contribution in [0.25, 0.3) is 60.2 Å². The lowest BCUT2D eigenvalue weighted by Crippen LogP contribution is -2.00. The van der Waals surface area contributed by atoms with Crippen LogP contribution in [0.1, 0.15) is 30.4 Å². The van der Waals surface area contributed by atoms with E-state index >= 15 is 0 Å². The Bertz CT molecular complexity index is 1680. The smallest absolute Gasteiger partial charge is 0.0637 e. The highest BCUT2D eigenvalue weighted by Gasteiger charge is 2.22. The Kier molecular flexibility index (Phi) is 2.95. The molecule has 1 N–H and O–H groups in total. The zero-order valence-electron chi connectivity index (χ0n) is 16.6.